The van der Waals surface area contributed by atoms with Gasteiger partial charge in [-0.2, -0.15) is 0 Å². The Balaban J connectivity index is 3.59. The zero-order chi connectivity index (χ0) is 9.40. The van der Waals surface area contributed by atoms with Crippen molar-refractivity contribution in [1.82, 2.24) is 5.32 Å². The van der Waals surface area contributed by atoms with E-state index in [2.05, 4.69) is 10.1 Å². The molecule has 4 heteroatoms. The molecule has 0 aromatic carbocycles. The number of carbonyl (C=O) groups is 2. The van der Waals surface area contributed by atoms with Crippen molar-refractivity contribution < 1.29 is 14.3 Å². The van der Waals surface area contributed by atoms with Crippen LogP contribution in [0, 0.1) is 0 Å². The van der Waals surface area contributed by atoms with E-state index in [1.54, 1.807) is 0 Å². The van der Waals surface area contributed by atoms with Gasteiger partial charge in [0.15, 0.2) is 0 Å². The Hall–Kier alpha value is -1.32. The van der Waals surface area contributed by atoms with Crippen LogP contribution >= 0.6 is 0 Å². The molecule has 0 spiro atoms. The third kappa shape index (κ3) is 5.46. The van der Waals surface area contributed by atoms with Gasteiger partial charge in [0.05, 0.1) is 7.11 Å². The van der Waals surface area contributed by atoms with Gasteiger partial charge in [-0.25, -0.2) is 4.79 Å². The maximum Gasteiger partial charge on any atom is 0.331 e. The third-order valence-corrected chi connectivity index (χ3v) is 1.14. The van der Waals surface area contributed by atoms with Crippen LogP contribution in [0.3, 0.4) is 0 Å². The van der Waals surface area contributed by atoms with E-state index in [1.807, 2.05) is 6.92 Å². The smallest absolute Gasteiger partial charge is 0.331 e. The lowest BCUT2D eigenvalue weighted by atomic mass is 10.3. The van der Waals surface area contributed by atoms with Crippen LogP contribution in [0.4, 0.5) is 0 Å². The van der Waals surface area contributed by atoms with Gasteiger partial charge in [0, 0.05) is 18.7 Å². The highest BCUT2D eigenvalue weighted by Gasteiger charge is 1.95. The molecule has 68 valence electrons. The fourth-order valence-electron chi connectivity index (χ4n) is 0.570. The molecule has 0 rings (SSSR count). The van der Waals surface area contributed by atoms with Crippen molar-refractivity contribution in [3.63, 3.8) is 0 Å². The predicted molar refractivity (Wildman–Crippen MR) is 44.2 cm³/mol. The molecule has 0 aliphatic carbocycles. The number of rotatable bonds is 4. The van der Waals surface area contributed by atoms with Gasteiger partial charge in [-0.3, -0.25) is 4.79 Å². The quantitative estimate of drug-likeness (QED) is 0.497. The minimum absolute atomic E-state index is 0.0994. The first-order valence-corrected chi connectivity index (χ1v) is 3.74. The molecule has 0 aromatic heterocycles. The SMILES string of the molecule is CCCC(=O)N/C=C\C(=O)OC. The van der Waals surface area contributed by atoms with E-state index in [0.29, 0.717) is 6.42 Å². The lowest BCUT2D eigenvalue weighted by Gasteiger charge is -1.95. The van der Waals surface area contributed by atoms with Crippen molar-refractivity contribution >= 4 is 11.9 Å². The van der Waals surface area contributed by atoms with Crippen molar-refractivity contribution in [2.45, 2.75) is 19.8 Å². The van der Waals surface area contributed by atoms with Crippen molar-refractivity contribution in [1.29, 1.82) is 0 Å². The number of nitrogens with one attached hydrogen (secondary N) is 1. The highest BCUT2D eigenvalue weighted by molar-refractivity contribution is 5.83. The average molecular weight is 171 g/mol. The maximum absolute atomic E-state index is 10.8. The summed E-state index contributed by atoms with van der Waals surface area (Å²) in [6.45, 7) is 1.91. The van der Waals surface area contributed by atoms with E-state index in [-0.39, 0.29) is 5.91 Å². The molecule has 12 heavy (non-hydrogen) atoms. The van der Waals surface area contributed by atoms with Gasteiger partial charge in [-0.1, -0.05) is 6.92 Å². The summed E-state index contributed by atoms with van der Waals surface area (Å²) in [6.07, 6.45) is 3.70. The van der Waals surface area contributed by atoms with Gasteiger partial charge in [0.25, 0.3) is 0 Å². The Bertz CT molecular complexity index is 187. The Labute approximate surface area is 71.6 Å². The molecule has 0 saturated carbocycles. The minimum atomic E-state index is -0.480. The fraction of sp³-hybridized carbons (Fsp3) is 0.500. The summed E-state index contributed by atoms with van der Waals surface area (Å²) in [5.41, 5.74) is 0. The number of methoxy groups -OCH3 is 1. The van der Waals surface area contributed by atoms with E-state index in [9.17, 15) is 9.59 Å². The van der Waals surface area contributed by atoms with Crippen LogP contribution in [0.2, 0.25) is 0 Å². The molecule has 0 fully saturated rings. The molecule has 0 unspecified atom stereocenters. The molecule has 0 atom stereocenters. The molecule has 0 aromatic rings. The molecular weight excluding hydrogens is 158 g/mol. The minimum Gasteiger partial charge on any atom is -0.466 e. The van der Waals surface area contributed by atoms with Crippen LogP contribution < -0.4 is 5.32 Å². The maximum atomic E-state index is 10.8. The van der Waals surface area contributed by atoms with Crippen LogP contribution in [0.15, 0.2) is 12.3 Å². The first kappa shape index (κ1) is 10.7. The summed E-state index contributed by atoms with van der Waals surface area (Å²) >= 11 is 0. The van der Waals surface area contributed by atoms with Gasteiger partial charge >= 0.3 is 5.97 Å². The highest BCUT2D eigenvalue weighted by Crippen LogP contribution is 1.85. The second-order valence-electron chi connectivity index (χ2n) is 2.17. The van der Waals surface area contributed by atoms with E-state index < -0.39 is 5.97 Å². The van der Waals surface area contributed by atoms with Gasteiger partial charge < -0.3 is 10.1 Å². The highest BCUT2D eigenvalue weighted by atomic mass is 16.5. The number of ether oxygens (including phenoxy) is 1. The zero-order valence-corrected chi connectivity index (χ0v) is 7.29. The number of esters is 1. The Morgan fingerprint density at radius 3 is 2.67 bits per heavy atom. The van der Waals surface area contributed by atoms with E-state index in [4.69, 9.17) is 0 Å². The van der Waals surface area contributed by atoms with Gasteiger partial charge in [-0.05, 0) is 6.42 Å². The standard InChI is InChI=1S/C8H13NO3/c1-3-4-7(10)9-6-5-8(11)12-2/h5-6H,3-4H2,1-2H3,(H,9,10)/b6-5-. The molecule has 4 nitrogen and oxygen atoms in total. The number of hydrogen-bond donors (Lipinski definition) is 1. The van der Waals surface area contributed by atoms with E-state index in [0.717, 1.165) is 12.5 Å². The number of carbonyl (C=O) groups excluding carboxylic acids is 2. The molecule has 0 aliphatic rings. The summed E-state index contributed by atoms with van der Waals surface area (Å²) in [4.78, 5) is 21.3. The van der Waals surface area contributed by atoms with Gasteiger partial charge in [0.2, 0.25) is 5.91 Å². The topological polar surface area (TPSA) is 55.4 Å². The van der Waals surface area contributed by atoms with Gasteiger partial charge in [-0.15, -0.1) is 0 Å². The summed E-state index contributed by atoms with van der Waals surface area (Å²) in [5.74, 6) is -0.579. The largest absolute Gasteiger partial charge is 0.466 e. The first-order valence-electron chi connectivity index (χ1n) is 3.74. The Kier molecular flexibility index (Phi) is 5.69. The summed E-state index contributed by atoms with van der Waals surface area (Å²) in [6, 6.07) is 0. The summed E-state index contributed by atoms with van der Waals surface area (Å²) < 4.78 is 4.31. The van der Waals surface area contributed by atoms with Crippen LogP contribution in [0.1, 0.15) is 19.8 Å². The second kappa shape index (κ2) is 6.39. The molecule has 1 amide bonds. The number of hydrogen-bond acceptors (Lipinski definition) is 3. The van der Waals surface area contributed by atoms with Crippen molar-refractivity contribution in [2.75, 3.05) is 7.11 Å². The van der Waals surface area contributed by atoms with Crippen LogP contribution in [-0.4, -0.2) is 19.0 Å². The Morgan fingerprint density at radius 1 is 1.50 bits per heavy atom. The average Bonchev–Trinajstić information content (AvgIpc) is 2.04. The van der Waals surface area contributed by atoms with E-state index in [1.165, 1.54) is 13.3 Å². The van der Waals surface area contributed by atoms with Crippen molar-refractivity contribution in [2.24, 2.45) is 0 Å². The third-order valence-electron chi connectivity index (χ3n) is 1.14. The normalized spacial score (nSPS) is 9.83. The van der Waals surface area contributed by atoms with E-state index >= 15 is 0 Å². The lowest BCUT2D eigenvalue weighted by molar-refractivity contribution is -0.134. The Morgan fingerprint density at radius 2 is 2.17 bits per heavy atom. The van der Waals surface area contributed by atoms with Crippen LogP contribution in [0.25, 0.3) is 0 Å². The van der Waals surface area contributed by atoms with Gasteiger partial charge in [0.1, 0.15) is 0 Å². The molecule has 0 heterocycles. The van der Waals surface area contributed by atoms with Crippen LogP contribution in [-0.2, 0) is 14.3 Å². The number of amides is 1. The summed E-state index contributed by atoms with van der Waals surface area (Å²) in [7, 11) is 1.28. The summed E-state index contributed by atoms with van der Waals surface area (Å²) in [5, 5.41) is 2.43. The van der Waals surface area contributed by atoms with Crippen molar-refractivity contribution in [3.8, 4) is 0 Å². The molecule has 0 bridgehead atoms. The van der Waals surface area contributed by atoms with Crippen LogP contribution in [0.5, 0.6) is 0 Å². The monoisotopic (exact) mass is 171 g/mol. The first-order chi connectivity index (χ1) is 5.70. The lowest BCUT2D eigenvalue weighted by Crippen LogP contribution is -2.16. The fourth-order valence-corrected chi connectivity index (χ4v) is 0.570. The predicted octanol–water partition coefficient (Wildman–Crippen LogP) is 0.589. The second-order valence-corrected chi connectivity index (χ2v) is 2.17. The molecule has 0 radical (unpaired) electrons. The van der Waals surface area contributed by atoms with Crippen molar-refractivity contribution in [3.05, 3.63) is 12.3 Å². The molecule has 0 aliphatic heterocycles. The molecule has 1 N–H and O–H groups in total. The molecule has 0 saturated heterocycles. The zero-order valence-electron chi connectivity index (χ0n) is 7.29. The molecular formula is C8H13NO3.